The molecule has 0 unspecified atom stereocenters. The maximum absolute atomic E-state index is 6.58. The molecule has 0 amide bonds. The molecule has 0 atom stereocenters. The van der Waals surface area contributed by atoms with E-state index < -0.39 is 0 Å². The summed E-state index contributed by atoms with van der Waals surface area (Å²) in [4.78, 5) is 10.3. The van der Waals surface area contributed by atoms with Crippen LogP contribution in [0.2, 0.25) is 0 Å². The van der Waals surface area contributed by atoms with E-state index in [4.69, 9.17) is 19.1 Å². The van der Waals surface area contributed by atoms with Gasteiger partial charge >= 0.3 is 0 Å². The van der Waals surface area contributed by atoms with Gasteiger partial charge in [0.1, 0.15) is 22.7 Å². The molecule has 9 aromatic rings. The maximum Gasteiger partial charge on any atom is 0.161 e. The van der Waals surface area contributed by atoms with Crippen LogP contribution < -0.4 is 4.74 Å². The average Bonchev–Trinajstić information content (AvgIpc) is 3.49. The molecule has 0 bridgehead atoms. The van der Waals surface area contributed by atoms with Crippen LogP contribution >= 0.6 is 0 Å². The lowest BCUT2D eigenvalue weighted by molar-refractivity contribution is 0.487. The van der Waals surface area contributed by atoms with Gasteiger partial charge in [0.25, 0.3) is 0 Å². The summed E-state index contributed by atoms with van der Waals surface area (Å²) in [7, 11) is 0. The largest absolute Gasteiger partial charge is 0.456 e. The highest BCUT2D eigenvalue weighted by Gasteiger charge is 2.23. The summed E-state index contributed by atoms with van der Waals surface area (Å²) in [5.74, 6) is 2.37. The monoisotopic (exact) mass is 588 g/mol. The molecule has 1 aliphatic heterocycles. The van der Waals surface area contributed by atoms with Crippen LogP contribution in [0.4, 0.5) is 0 Å². The first-order valence-electron chi connectivity index (χ1n) is 15.4. The second kappa shape index (κ2) is 9.62. The zero-order chi connectivity index (χ0) is 30.2. The second-order valence-electron chi connectivity index (χ2n) is 11.7. The minimum atomic E-state index is 0.673. The number of nitrogens with zero attached hydrogens (tertiary/aromatic N) is 2. The van der Waals surface area contributed by atoms with Crippen molar-refractivity contribution >= 4 is 43.6 Å². The van der Waals surface area contributed by atoms with Gasteiger partial charge in [-0.25, -0.2) is 9.97 Å². The molecule has 4 nitrogen and oxygen atoms in total. The number of aromatic nitrogens is 2. The molecule has 0 aliphatic carbocycles. The van der Waals surface area contributed by atoms with Crippen LogP contribution in [0.15, 0.2) is 150 Å². The molecular formula is C42H24N2O2. The zero-order valence-corrected chi connectivity index (χ0v) is 24.6. The van der Waals surface area contributed by atoms with Gasteiger partial charge in [0.2, 0.25) is 0 Å². The van der Waals surface area contributed by atoms with E-state index in [9.17, 15) is 0 Å². The van der Waals surface area contributed by atoms with Crippen LogP contribution in [0, 0.1) is 0 Å². The molecular weight excluding hydrogens is 564 g/mol. The lowest BCUT2D eigenvalue weighted by atomic mass is 9.91. The van der Waals surface area contributed by atoms with E-state index in [1.807, 2.05) is 36.4 Å². The highest BCUT2D eigenvalue weighted by atomic mass is 16.5. The van der Waals surface area contributed by atoms with Crippen molar-refractivity contribution < 1.29 is 9.15 Å². The fraction of sp³-hybridized carbons (Fsp3) is 0. The van der Waals surface area contributed by atoms with Gasteiger partial charge in [0.05, 0.1) is 11.2 Å². The van der Waals surface area contributed by atoms with Crippen LogP contribution in [0.5, 0.6) is 11.5 Å². The normalized spacial score (nSPS) is 12.1. The molecule has 4 heteroatoms. The number of hydrogen-bond donors (Lipinski definition) is 0. The zero-order valence-electron chi connectivity index (χ0n) is 24.6. The minimum absolute atomic E-state index is 0.673. The molecule has 7 aromatic carbocycles. The second-order valence-corrected chi connectivity index (χ2v) is 11.7. The van der Waals surface area contributed by atoms with Crippen molar-refractivity contribution in [3.05, 3.63) is 146 Å². The Morgan fingerprint density at radius 1 is 0.413 bits per heavy atom. The molecule has 0 saturated heterocycles. The predicted octanol–water partition coefficient (Wildman–Crippen LogP) is 11.5. The minimum Gasteiger partial charge on any atom is -0.456 e. The Bertz CT molecular complexity index is 2670. The molecule has 0 N–H and O–H groups in total. The number of ether oxygens (including phenoxy) is 1. The summed E-state index contributed by atoms with van der Waals surface area (Å²) in [5.41, 5.74) is 9.96. The van der Waals surface area contributed by atoms with E-state index in [1.165, 1.54) is 0 Å². The van der Waals surface area contributed by atoms with E-state index in [0.29, 0.717) is 5.82 Å². The van der Waals surface area contributed by atoms with Gasteiger partial charge in [-0.05, 0) is 70.6 Å². The Balaban J connectivity index is 1.15. The molecule has 1 aliphatic rings. The van der Waals surface area contributed by atoms with Crippen LogP contribution in [-0.4, -0.2) is 9.97 Å². The molecule has 3 heterocycles. The van der Waals surface area contributed by atoms with E-state index in [2.05, 4.69) is 109 Å². The summed E-state index contributed by atoms with van der Waals surface area (Å²) >= 11 is 0. The van der Waals surface area contributed by atoms with Crippen molar-refractivity contribution in [2.45, 2.75) is 0 Å². The van der Waals surface area contributed by atoms with Crippen molar-refractivity contribution in [1.29, 1.82) is 0 Å². The lowest BCUT2D eigenvalue weighted by Crippen LogP contribution is -2.00. The van der Waals surface area contributed by atoms with Crippen LogP contribution in [0.25, 0.3) is 88.5 Å². The van der Waals surface area contributed by atoms with Gasteiger partial charge in [-0.3, -0.25) is 0 Å². The summed E-state index contributed by atoms with van der Waals surface area (Å²) < 4.78 is 12.8. The number of para-hydroxylation sites is 2. The maximum atomic E-state index is 6.58. The van der Waals surface area contributed by atoms with Gasteiger partial charge in [-0.1, -0.05) is 97.1 Å². The molecule has 214 valence electrons. The van der Waals surface area contributed by atoms with Crippen molar-refractivity contribution in [3.63, 3.8) is 0 Å². The molecule has 10 rings (SSSR count). The molecule has 0 saturated carbocycles. The third-order valence-electron chi connectivity index (χ3n) is 9.10. The van der Waals surface area contributed by atoms with Crippen LogP contribution in [-0.2, 0) is 0 Å². The molecule has 46 heavy (non-hydrogen) atoms. The first-order chi connectivity index (χ1) is 22.8. The average molecular weight is 589 g/mol. The smallest absolute Gasteiger partial charge is 0.161 e. The van der Waals surface area contributed by atoms with Crippen LogP contribution in [0.1, 0.15) is 0 Å². The molecule has 0 fully saturated rings. The SMILES string of the molecule is c1ccc(-c2ccc3c(c2)Oc2ccc(-c4nc(-c5ccc6c(c5)oc5ccccc56)c5ccccc5n4)c4cccc-3c24)cc1. The first-order valence-corrected chi connectivity index (χ1v) is 15.4. The number of hydrogen-bond acceptors (Lipinski definition) is 4. The number of rotatable bonds is 3. The predicted molar refractivity (Wildman–Crippen MR) is 186 cm³/mol. The van der Waals surface area contributed by atoms with Gasteiger partial charge in [0, 0.05) is 38.2 Å². The Morgan fingerprint density at radius 3 is 2.11 bits per heavy atom. The third kappa shape index (κ3) is 3.74. The Labute approximate surface area is 264 Å². The van der Waals surface area contributed by atoms with Gasteiger partial charge in [-0.15, -0.1) is 0 Å². The van der Waals surface area contributed by atoms with Gasteiger partial charge < -0.3 is 9.15 Å². The molecule has 0 spiro atoms. The Hall–Kier alpha value is -6.26. The van der Waals surface area contributed by atoms with E-state index in [-0.39, 0.29) is 0 Å². The van der Waals surface area contributed by atoms with Crippen LogP contribution in [0.3, 0.4) is 0 Å². The summed E-state index contributed by atoms with van der Waals surface area (Å²) in [6, 6.07) is 50.2. The highest BCUT2D eigenvalue weighted by Crippen LogP contribution is 2.49. The Kier molecular flexibility index (Phi) is 5.25. The summed E-state index contributed by atoms with van der Waals surface area (Å²) in [6.45, 7) is 0. The van der Waals surface area contributed by atoms with Gasteiger partial charge in [-0.2, -0.15) is 0 Å². The highest BCUT2D eigenvalue weighted by molar-refractivity contribution is 6.10. The molecule has 2 aromatic heterocycles. The number of benzene rings is 7. The van der Waals surface area contributed by atoms with Crippen molar-refractivity contribution in [3.8, 4) is 56.4 Å². The first kappa shape index (κ1) is 25.1. The summed E-state index contributed by atoms with van der Waals surface area (Å²) in [6.07, 6.45) is 0. The van der Waals surface area contributed by atoms with Crippen molar-refractivity contribution in [2.75, 3.05) is 0 Å². The summed E-state index contributed by atoms with van der Waals surface area (Å²) in [5, 5.41) is 5.33. The lowest BCUT2D eigenvalue weighted by Gasteiger charge is -2.23. The third-order valence-corrected chi connectivity index (χ3v) is 9.10. The quantitative estimate of drug-likeness (QED) is 0.206. The fourth-order valence-corrected chi connectivity index (χ4v) is 6.93. The number of furan rings is 1. The van der Waals surface area contributed by atoms with E-state index in [1.54, 1.807) is 0 Å². The standard InChI is InChI=1S/C42H24N2O2/c1-2-9-25(10-3-1)26-17-19-30-31-13-8-14-32-33(21-22-37(40(31)32)46-38(30)23-26)42-43-35-15-6-4-12-34(35)41(44-42)27-18-20-29-28-11-5-7-16-36(28)45-39(29)24-27/h1-24H. The van der Waals surface area contributed by atoms with E-state index in [0.717, 1.165) is 94.2 Å². The van der Waals surface area contributed by atoms with Crippen molar-refractivity contribution in [1.82, 2.24) is 9.97 Å². The topological polar surface area (TPSA) is 48.2 Å². The number of fused-ring (bicyclic) bond motifs is 6. The Morgan fingerprint density at radius 2 is 1.17 bits per heavy atom. The van der Waals surface area contributed by atoms with Gasteiger partial charge in [0.15, 0.2) is 5.82 Å². The molecule has 0 radical (unpaired) electrons. The fourth-order valence-electron chi connectivity index (χ4n) is 6.93. The van der Waals surface area contributed by atoms with Crippen molar-refractivity contribution in [2.24, 2.45) is 0 Å². The van der Waals surface area contributed by atoms with E-state index >= 15 is 0 Å².